The lowest BCUT2D eigenvalue weighted by molar-refractivity contribution is -0.401. The summed E-state index contributed by atoms with van der Waals surface area (Å²) in [6.45, 7) is 24.5. The van der Waals surface area contributed by atoms with Crippen molar-refractivity contribution < 1.29 is 4.58 Å². The highest BCUT2D eigenvalue weighted by Crippen LogP contribution is 2.47. The molecular weight excluding hydrogens is 657 g/mol. The Morgan fingerprint density at radius 2 is 1.43 bits per heavy atom. The minimum atomic E-state index is -0.00415. The molecule has 0 spiro atoms. The second-order valence-electron chi connectivity index (χ2n) is 16.4. The van der Waals surface area contributed by atoms with Crippen molar-refractivity contribution in [3.05, 3.63) is 108 Å². The molecule has 3 aliphatic rings. The van der Waals surface area contributed by atoms with Crippen molar-refractivity contribution in [1.82, 2.24) is 10.2 Å². The molecule has 0 saturated carbocycles. The fourth-order valence-corrected chi connectivity index (χ4v) is 8.59. The van der Waals surface area contributed by atoms with Gasteiger partial charge in [-0.1, -0.05) is 127 Å². The molecule has 4 nitrogen and oxygen atoms in total. The Balaban J connectivity index is 0.000000347. The second kappa shape index (κ2) is 23.7. The predicted octanol–water partition coefficient (Wildman–Crippen LogP) is 12.7. The average Bonchev–Trinajstić information content (AvgIpc) is 3.51. The molecule has 1 unspecified atom stereocenters. The van der Waals surface area contributed by atoms with Crippen molar-refractivity contribution in [2.24, 2.45) is 0 Å². The molecule has 298 valence electrons. The minimum Gasteiger partial charge on any atom is -0.344 e. The van der Waals surface area contributed by atoms with E-state index in [-0.39, 0.29) is 10.8 Å². The van der Waals surface area contributed by atoms with Crippen LogP contribution in [0.5, 0.6) is 0 Å². The first-order valence-corrected chi connectivity index (χ1v) is 21.8. The Morgan fingerprint density at radius 3 is 2.13 bits per heavy atom. The van der Waals surface area contributed by atoms with Gasteiger partial charge >= 0.3 is 0 Å². The Morgan fingerprint density at radius 1 is 0.778 bits per heavy atom. The number of rotatable bonds is 18. The van der Waals surface area contributed by atoms with Crippen LogP contribution in [0.3, 0.4) is 0 Å². The molecular formula is C50H79N4+. The molecule has 5 rings (SSSR count). The van der Waals surface area contributed by atoms with Crippen LogP contribution in [0.4, 0.5) is 11.4 Å². The Kier molecular flexibility index (Phi) is 19.8. The predicted molar refractivity (Wildman–Crippen MR) is 240 cm³/mol. The van der Waals surface area contributed by atoms with Gasteiger partial charge in [0.15, 0.2) is 5.71 Å². The van der Waals surface area contributed by atoms with E-state index in [1.807, 2.05) is 27.0 Å². The summed E-state index contributed by atoms with van der Waals surface area (Å²) in [5, 5.41) is 3.21. The summed E-state index contributed by atoms with van der Waals surface area (Å²) >= 11 is 0. The molecule has 0 aromatic heterocycles. The van der Waals surface area contributed by atoms with E-state index in [0.717, 1.165) is 19.0 Å². The van der Waals surface area contributed by atoms with Crippen LogP contribution in [0.2, 0.25) is 0 Å². The maximum absolute atomic E-state index is 3.86. The third-order valence-electron chi connectivity index (χ3n) is 11.8. The van der Waals surface area contributed by atoms with Gasteiger partial charge in [0, 0.05) is 47.1 Å². The molecule has 1 fully saturated rings. The highest BCUT2D eigenvalue weighted by Gasteiger charge is 2.42. The lowest BCUT2D eigenvalue weighted by Gasteiger charge is -2.33. The molecule has 1 N–H and O–H groups in total. The zero-order valence-electron chi connectivity index (χ0n) is 36.2. The fraction of sp³-hybridized carbons (Fsp3) is 0.580. The van der Waals surface area contributed by atoms with E-state index in [2.05, 4.69) is 147 Å². The van der Waals surface area contributed by atoms with Gasteiger partial charge in [-0.3, -0.25) is 0 Å². The van der Waals surface area contributed by atoms with Crippen LogP contribution in [0, 0.1) is 0 Å². The molecule has 1 saturated heterocycles. The number of unbranched alkanes of at least 4 members (excludes halogenated alkanes) is 8. The number of anilines is 1. The van der Waals surface area contributed by atoms with E-state index < -0.39 is 0 Å². The summed E-state index contributed by atoms with van der Waals surface area (Å²) < 4.78 is 2.32. The molecule has 1 atom stereocenters. The van der Waals surface area contributed by atoms with E-state index in [1.54, 1.807) is 0 Å². The molecule has 0 aliphatic carbocycles. The number of allylic oxidation sites excluding steroid dienone is 7. The molecule has 0 bridgehead atoms. The Hall–Kier alpha value is -3.21. The first kappa shape index (κ1) is 45.2. The van der Waals surface area contributed by atoms with Crippen LogP contribution < -0.4 is 10.2 Å². The van der Waals surface area contributed by atoms with E-state index in [9.17, 15) is 0 Å². The number of para-hydroxylation sites is 2. The van der Waals surface area contributed by atoms with Crippen LogP contribution >= 0.6 is 0 Å². The SMILES string of the molecule is C=CCCCCCN1/C(=C/C=C/C=C/C2=[N+](C)c3ccccc3C2(C)C)C(C)(C)c2ccccc21.CC.CNCCCCCCCCN1CCCCC1C. The summed E-state index contributed by atoms with van der Waals surface area (Å²) in [6, 6.07) is 18.5. The summed E-state index contributed by atoms with van der Waals surface area (Å²) in [6.07, 6.45) is 30.7. The monoisotopic (exact) mass is 736 g/mol. The first-order valence-electron chi connectivity index (χ1n) is 21.8. The number of benzene rings is 2. The maximum atomic E-state index is 3.86. The van der Waals surface area contributed by atoms with Crippen molar-refractivity contribution >= 4 is 17.1 Å². The summed E-state index contributed by atoms with van der Waals surface area (Å²) in [4.78, 5) is 5.24. The van der Waals surface area contributed by atoms with Crippen LogP contribution in [0.15, 0.2) is 97.3 Å². The average molecular weight is 736 g/mol. The van der Waals surface area contributed by atoms with Gasteiger partial charge in [0.25, 0.3) is 0 Å². The van der Waals surface area contributed by atoms with Crippen molar-refractivity contribution in [3.63, 3.8) is 0 Å². The Bertz CT molecular complexity index is 1520. The molecule has 0 amide bonds. The van der Waals surface area contributed by atoms with Crippen molar-refractivity contribution in [2.75, 3.05) is 45.2 Å². The summed E-state index contributed by atoms with van der Waals surface area (Å²) in [7, 11) is 4.21. The molecule has 4 heteroatoms. The van der Waals surface area contributed by atoms with Gasteiger partial charge in [-0.05, 0) is 110 Å². The number of fused-ring (bicyclic) bond motifs is 2. The van der Waals surface area contributed by atoms with Gasteiger partial charge in [0.2, 0.25) is 5.69 Å². The zero-order valence-corrected chi connectivity index (χ0v) is 36.2. The highest BCUT2D eigenvalue weighted by molar-refractivity contribution is 6.03. The van der Waals surface area contributed by atoms with E-state index in [0.29, 0.717) is 0 Å². The third kappa shape index (κ3) is 12.4. The fourth-order valence-electron chi connectivity index (χ4n) is 8.59. The van der Waals surface area contributed by atoms with Crippen LogP contribution in [-0.2, 0) is 10.8 Å². The van der Waals surface area contributed by atoms with Crippen LogP contribution in [0.1, 0.15) is 143 Å². The summed E-state index contributed by atoms with van der Waals surface area (Å²) in [5.41, 5.74) is 8.18. The van der Waals surface area contributed by atoms with E-state index in [1.165, 1.54) is 131 Å². The van der Waals surface area contributed by atoms with Crippen molar-refractivity contribution in [3.8, 4) is 0 Å². The van der Waals surface area contributed by atoms with Gasteiger partial charge in [0.1, 0.15) is 7.05 Å². The smallest absolute Gasteiger partial charge is 0.209 e. The number of hydrogen-bond acceptors (Lipinski definition) is 3. The second-order valence-corrected chi connectivity index (χ2v) is 16.4. The largest absolute Gasteiger partial charge is 0.344 e. The van der Waals surface area contributed by atoms with Crippen molar-refractivity contribution in [2.45, 2.75) is 149 Å². The quantitative estimate of drug-likeness (QED) is 0.0713. The number of nitrogens with zero attached hydrogens (tertiary/aromatic N) is 3. The normalized spacial score (nSPS) is 19.5. The number of likely N-dealkylation sites (tertiary alicyclic amines) is 1. The van der Waals surface area contributed by atoms with Crippen molar-refractivity contribution in [1.29, 1.82) is 0 Å². The van der Waals surface area contributed by atoms with Crippen LogP contribution in [-0.4, -0.2) is 61.5 Å². The maximum Gasteiger partial charge on any atom is 0.209 e. The number of hydrogen-bond donors (Lipinski definition) is 1. The standard InChI is InChI=1S/C33H41N2.C15H32N2.C2H6/c1-7-8-9-10-18-25-35-29-22-17-15-20-27(29)33(4,5)31(35)24-13-11-12-23-30-32(2,3)26-19-14-16-21-28(26)34(30)6;1-15-11-7-10-14-17(15)13-9-6-4-3-5-8-12-16-2;1-2/h7,11-17,19-24H,1,8-10,18,25H2,2-6H3;15-16H,3-14H2,1-2H3;1-2H3/q+1;;. The van der Waals surface area contributed by atoms with Gasteiger partial charge in [-0.2, -0.15) is 4.58 Å². The highest BCUT2D eigenvalue weighted by atomic mass is 15.2. The minimum absolute atomic E-state index is 0.00415. The van der Waals surface area contributed by atoms with E-state index >= 15 is 0 Å². The lowest BCUT2D eigenvalue weighted by Crippen LogP contribution is -2.37. The molecule has 2 aromatic rings. The lowest BCUT2D eigenvalue weighted by atomic mass is 9.81. The molecule has 2 aromatic carbocycles. The van der Waals surface area contributed by atoms with Crippen LogP contribution in [0.25, 0.3) is 0 Å². The molecule has 0 radical (unpaired) electrons. The number of nitrogens with one attached hydrogen (secondary N) is 1. The van der Waals surface area contributed by atoms with Gasteiger partial charge in [0.05, 0.1) is 5.41 Å². The molecule has 3 aliphatic heterocycles. The van der Waals surface area contributed by atoms with Gasteiger partial charge in [-0.25, -0.2) is 0 Å². The van der Waals surface area contributed by atoms with E-state index in [4.69, 9.17) is 0 Å². The zero-order chi connectivity index (χ0) is 39.4. The Labute approximate surface area is 333 Å². The molecule has 3 heterocycles. The first-order chi connectivity index (χ1) is 26.1. The van der Waals surface area contributed by atoms with Gasteiger partial charge in [-0.15, -0.1) is 6.58 Å². The van der Waals surface area contributed by atoms with Gasteiger partial charge < -0.3 is 15.1 Å². The topological polar surface area (TPSA) is 21.5 Å². The summed E-state index contributed by atoms with van der Waals surface area (Å²) in [5.74, 6) is 0. The molecule has 54 heavy (non-hydrogen) atoms. The number of piperidine rings is 1. The third-order valence-corrected chi connectivity index (χ3v) is 11.8.